The zero-order valence-corrected chi connectivity index (χ0v) is 23.9. The van der Waals surface area contributed by atoms with Crippen molar-refractivity contribution in [2.45, 2.75) is 64.8 Å². The van der Waals surface area contributed by atoms with Gasteiger partial charge >= 0.3 is 5.97 Å². The lowest BCUT2D eigenvalue weighted by Gasteiger charge is -2.32. The minimum atomic E-state index is -0.882. The van der Waals surface area contributed by atoms with Crippen molar-refractivity contribution in [3.63, 3.8) is 0 Å². The minimum Gasteiger partial charge on any atom is -0.478 e. The van der Waals surface area contributed by atoms with E-state index in [0.717, 1.165) is 68.5 Å². The highest BCUT2D eigenvalue weighted by atomic mass is 16.4. The summed E-state index contributed by atoms with van der Waals surface area (Å²) < 4.78 is 2.34. The number of carbonyl (C=O) groups excluding carboxylic acids is 1. The molecule has 2 fully saturated rings. The fourth-order valence-electron chi connectivity index (χ4n) is 7.25. The highest BCUT2D eigenvalue weighted by Gasteiger charge is 2.29. The fraction of sp³-hybridized carbons (Fsp3) is 0.471. The summed E-state index contributed by atoms with van der Waals surface area (Å²) >= 11 is 0. The Morgan fingerprint density at radius 3 is 2.38 bits per heavy atom. The minimum absolute atomic E-state index is 0.145. The molecule has 2 aliphatic heterocycles. The van der Waals surface area contributed by atoms with Gasteiger partial charge in [-0.2, -0.15) is 0 Å². The summed E-state index contributed by atoms with van der Waals surface area (Å²) in [6.07, 6.45) is 11.4. The van der Waals surface area contributed by atoms with E-state index in [1.807, 2.05) is 11.0 Å². The predicted octanol–water partition coefficient (Wildman–Crippen LogP) is 6.71. The molecule has 3 heterocycles. The number of aryl methyl sites for hydroxylation is 2. The lowest BCUT2D eigenvalue weighted by atomic mass is 9.75. The van der Waals surface area contributed by atoms with Crippen molar-refractivity contribution in [3.8, 4) is 0 Å². The third kappa shape index (κ3) is 4.98. The molecule has 1 amide bonds. The summed E-state index contributed by atoms with van der Waals surface area (Å²) in [7, 11) is 2.12. The van der Waals surface area contributed by atoms with Crippen LogP contribution in [0.1, 0.15) is 88.8 Å². The standard InChI is InChI=1S/C34H41N3O3/c1-23-21-25(34(39)40)14-15-26(23)31(24-9-4-3-5-10-24)27-11-6-7-16-37-22-30(29-13-8-12-28(27)32(29)37)33(38)36-19-17-35(2)18-20-36/h8,12-15,21-22,24H,3-7,9-11,16-20H2,1-2H3,(H,39,40)/b31-27+. The summed E-state index contributed by atoms with van der Waals surface area (Å²) in [6.45, 7) is 6.33. The van der Waals surface area contributed by atoms with Crippen molar-refractivity contribution in [2.75, 3.05) is 33.2 Å². The first kappa shape index (κ1) is 26.8. The Hall–Kier alpha value is -3.38. The molecule has 40 heavy (non-hydrogen) atoms. The smallest absolute Gasteiger partial charge is 0.335 e. The van der Waals surface area contributed by atoms with Crippen molar-refractivity contribution in [2.24, 2.45) is 5.92 Å². The van der Waals surface area contributed by atoms with Gasteiger partial charge in [0.05, 0.1) is 16.6 Å². The van der Waals surface area contributed by atoms with Gasteiger partial charge in [0.25, 0.3) is 5.91 Å². The second-order valence-electron chi connectivity index (χ2n) is 12.1. The van der Waals surface area contributed by atoms with E-state index >= 15 is 0 Å². The monoisotopic (exact) mass is 539 g/mol. The lowest BCUT2D eigenvalue weighted by molar-refractivity contribution is 0.0663. The van der Waals surface area contributed by atoms with Crippen molar-refractivity contribution in [1.29, 1.82) is 0 Å². The molecule has 6 nitrogen and oxygen atoms in total. The van der Waals surface area contributed by atoms with Gasteiger partial charge in [0.15, 0.2) is 0 Å². The first-order chi connectivity index (χ1) is 19.4. The second-order valence-corrected chi connectivity index (χ2v) is 12.1. The van der Waals surface area contributed by atoms with Crippen molar-refractivity contribution < 1.29 is 14.7 Å². The van der Waals surface area contributed by atoms with Crippen LogP contribution in [-0.4, -0.2) is 64.6 Å². The van der Waals surface area contributed by atoms with Gasteiger partial charge in [0.1, 0.15) is 0 Å². The number of carboxylic acid groups (broad SMARTS) is 1. The van der Waals surface area contributed by atoms with Crippen LogP contribution in [-0.2, 0) is 6.54 Å². The molecule has 1 saturated heterocycles. The quantitative estimate of drug-likeness (QED) is 0.400. The van der Waals surface area contributed by atoms with E-state index < -0.39 is 5.97 Å². The number of aromatic nitrogens is 1. The third-order valence-electron chi connectivity index (χ3n) is 9.42. The van der Waals surface area contributed by atoms with Crippen LogP contribution in [0.3, 0.4) is 0 Å². The van der Waals surface area contributed by atoms with Crippen molar-refractivity contribution in [1.82, 2.24) is 14.4 Å². The molecule has 1 aromatic heterocycles. The number of likely N-dealkylation sites (N-methyl/N-ethyl adjacent to an activating group) is 1. The largest absolute Gasteiger partial charge is 0.478 e. The maximum absolute atomic E-state index is 13.8. The van der Waals surface area contributed by atoms with E-state index in [0.29, 0.717) is 11.5 Å². The number of carboxylic acids is 1. The number of benzene rings is 2. The number of carbonyl (C=O) groups is 2. The van der Waals surface area contributed by atoms with Crippen LogP contribution in [0.15, 0.2) is 42.6 Å². The van der Waals surface area contributed by atoms with Gasteiger partial charge in [-0.1, -0.05) is 43.5 Å². The predicted molar refractivity (Wildman–Crippen MR) is 161 cm³/mol. The van der Waals surface area contributed by atoms with Crippen LogP contribution in [0.4, 0.5) is 0 Å². The number of allylic oxidation sites excluding steroid dienone is 2. The van der Waals surface area contributed by atoms with Gasteiger partial charge in [0, 0.05) is 49.9 Å². The van der Waals surface area contributed by atoms with Crippen LogP contribution in [0.5, 0.6) is 0 Å². The van der Waals surface area contributed by atoms with E-state index in [9.17, 15) is 14.7 Å². The van der Waals surface area contributed by atoms with E-state index in [1.54, 1.807) is 6.07 Å². The van der Waals surface area contributed by atoms with E-state index in [1.165, 1.54) is 59.9 Å². The summed E-state index contributed by atoms with van der Waals surface area (Å²) in [5.74, 6) is -0.276. The Labute approximate surface area is 237 Å². The molecule has 6 heteroatoms. The SMILES string of the molecule is Cc1cc(C(=O)O)ccc1/C(=C1\CCCCn2cc(C(=O)N3CCN(C)CC3)c3cccc1c32)C1CCCCC1. The normalized spacial score (nSPS) is 20.3. The number of piperazine rings is 1. The number of rotatable bonds is 4. The van der Waals surface area contributed by atoms with Gasteiger partial charge in [-0.25, -0.2) is 4.79 Å². The molecule has 0 atom stereocenters. The van der Waals surface area contributed by atoms with Gasteiger partial charge in [-0.15, -0.1) is 0 Å². The average molecular weight is 540 g/mol. The molecule has 3 aliphatic rings. The van der Waals surface area contributed by atoms with Crippen LogP contribution in [0.2, 0.25) is 0 Å². The van der Waals surface area contributed by atoms with Gasteiger partial charge < -0.3 is 19.5 Å². The van der Waals surface area contributed by atoms with Crippen LogP contribution in [0.25, 0.3) is 22.0 Å². The molecule has 0 radical (unpaired) electrons. The van der Waals surface area contributed by atoms with Gasteiger partial charge in [-0.05, 0) is 86.4 Å². The Balaban J connectivity index is 1.54. The van der Waals surface area contributed by atoms with E-state index in [4.69, 9.17) is 0 Å². The highest BCUT2D eigenvalue weighted by molar-refractivity contribution is 6.11. The van der Waals surface area contributed by atoms with Crippen LogP contribution in [0, 0.1) is 12.8 Å². The van der Waals surface area contributed by atoms with E-state index in [2.05, 4.69) is 53.9 Å². The number of hydrogen-bond donors (Lipinski definition) is 1. The summed E-state index contributed by atoms with van der Waals surface area (Å²) in [6, 6.07) is 12.2. The molecule has 2 aromatic carbocycles. The van der Waals surface area contributed by atoms with Gasteiger partial charge in [-0.3, -0.25) is 4.79 Å². The topological polar surface area (TPSA) is 65.8 Å². The first-order valence-corrected chi connectivity index (χ1v) is 15.1. The first-order valence-electron chi connectivity index (χ1n) is 15.1. The summed E-state index contributed by atoms with van der Waals surface area (Å²) in [4.78, 5) is 29.8. The zero-order valence-electron chi connectivity index (χ0n) is 23.9. The summed E-state index contributed by atoms with van der Waals surface area (Å²) in [5, 5.41) is 10.7. The molecule has 1 saturated carbocycles. The lowest BCUT2D eigenvalue weighted by Crippen LogP contribution is -2.47. The maximum Gasteiger partial charge on any atom is 0.335 e. The van der Waals surface area contributed by atoms with Crippen molar-refractivity contribution in [3.05, 3.63) is 70.4 Å². The Kier molecular flexibility index (Phi) is 7.54. The number of hydrogen-bond acceptors (Lipinski definition) is 3. The fourth-order valence-corrected chi connectivity index (χ4v) is 7.25. The molecule has 3 aromatic rings. The molecule has 0 bridgehead atoms. The van der Waals surface area contributed by atoms with Crippen LogP contribution >= 0.6 is 0 Å². The maximum atomic E-state index is 13.8. The Morgan fingerprint density at radius 2 is 1.65 bits per heavy atom. The second kappa shape index (κ2) is 11.2. The molecule has 0 unspecified atom stereocenters. The van der Waals surface area contributed by atoms with Gasteiger partial charge in [0.2, 0.25) is 0 Å². The third-order valence-corrected chi connectivity index (χ3v) is 9.42. The Bertz CT molecular complexity index is 1470. The molecular formula is C34H41N3O3. The molecule has 1 aliphatic carbocycles. The number of para-hydroxylation sites is 1. The molecule has 0 spiro atoms. The highest BCUT2D eigenvalue weighted by Crippen LogP contribution is 2.45. The molecule has 6 rings (SSSR count). The van der Waals surface area contributed by atoms with E-state index in [-0.39, 0.29) is 5.91 Å². The zero-order chi connectivity index (χ0) is 27.8. The molecule has 1 N–H and O–H groups in total. The number of amides is 1. The Morgan fingerprint density at radius 1 is 0.875 bits per heavy atom. The summed E-state index contributed by atoms with van der Waals surface area (Å²) in [5.41, 5.74) is 8.61. The molecular weight excluding hydrogens is 498 g/mol. The average Bonchev–Trinajstić information content (AvgIpc) is 3.33. The molecule has 210 valence electrons. The van der Waals surface area contributed by atoms with Crippen molar-refractivity contribution >= 4 is 33.9 Å². The number of nitrogens with zero attached hydrogens (tertiary/aromatic N) is 3. The number of aromatic carboxylic acids is 1. The van der Waals surface area contributed by atoms with Crippen LogP contribution < -0.4 is 0 Å².